The highest BCUT2D eigenvalue weighted by Gasteiger charge is 2.18. The molecule has 0 saturated carbocycles. The van der Waals surface area contributed by atoms with Crippen molar-refractivity contribution in [3.8, 4) is 5.69 Å². The average Bonchev–Trinajstić information content (AvgIpc) is 2.96. The van der Waals surface area contributed by atoms with Gasteiger partial charge in [-0.05, 0) is 30.7 Å². The van der Waals surface area contributed by atoms with Crippen LogP contribution >= 0.6 is 22.9 Å². The zero-order valence-electron chi connectivity index (χ0n) is 13.5. The molecular formula is C17H13ClN4O2S. The number of hydrogen-bond donors (Lipinski definition) is 0. The second-order valence-corrected chi connectivity index (χ2v) is 6.98. The van der Waals surface area contributed by atoms with Crippen molar-refractivity contribution >= 4 is 43.4 Å². The topological polar surface area (TPSA) is 69.9 Å². The maximum atomic E-state index is 13.0. The van der Waals surface area contributed by atoms with E-state index >= 15 is 0 Å². The fraction of sp³-hybridized carbons (Fsp3) is 0.176. The minimum Gasteiger partial charge on any atom is -0.380 e. The molecule has 0 atom stereocenters. The number of pyridine rings is 1. The van der Waals surface area contributed by atoms with Crippen LogP contribution in [-0.4, -0.2) is 27.1 Å². The van der Waals surface area contributed by atoms with E-state index in [0.29, 0.717) is 27.5 Å². The van der Waals surface area contributed by atoms with Crippen LogP contribution < -0.4 is 5.56 Å². The molecule has 6 nitrogen and oxygen atoms in total. The van der Waals surface area contributed by atoms with Gasteiger partial charge in [-0.15, -0.1) is 16.4 Å². The number of fused-ring (bicyclic) bond motifs is 3. The smallest absolute Gasteiger partial charge is 0.292 e. The Morgan fingerprint density at radius 3 is 2.88 bits per heavy atom. The monoisotopic (exact) mass is 372 g/mol. The predicted octanol–water partition coefficient (Wildman–Crippen LogP) is 3.50. The zero-order valence-corrected chi connectivity index (χ0v) is 15.1. The molecule has 1 aromatic carbocycles. The molecule has 0 aliphatic heterocycles. The second kappa shape index (κ2) is 6.18. The van der Waals surface area contributed by atoms with Crippen molar-refractivity contribution in [2.24, 2.45) is 0 Å². The number of hydrogen-bond acceptors (Lipinski definition) is 6. The van der Waals surface area contributed by atoms with Crippen LogP contribution in [0, 0.1) is 6.92 Å². The molecule has 4 aromatic rings. The Bertz CT molecular complexity index is 1170. The molecule has 0 unspecified atom stereocenters. The summed E-state index contributed by atoms with van der Waals surface area (Å²) in [6.07, 6.45) is 0. The Hall–Kier alpha value is -2.35. The van der Waals surface area contributed by atoms with E-state index in [4.69, 9.17) is 16.3 Å². The molecule has 0 saturated heterocycles. The van der Waals surface area contributed by atoms with Gasteiger partial charge in [0.2, 0.25) is 0 Å². The number of ether oxygens (including phenoxy) is 1. The first-order valence-electron chi connectivity index (χ1n) is 7.52. The highest BCUT2D eigenvalue weighted by molar-refractivity contribution is 7.25. The van der Waals surface area contributed by atoms with E-state index in [9.17, 15) is 4.79 Å². The highest BCUT2D eigenvalue weighted by Crippen LogP contribution is 2.32. The molecule has 25 heavy (non-hydrogen) atoms. The van der Waals surface area contributed by atoms with Gasteiger partial charge in [0.25, 0.3) is 5.56 Å². The van der Waals surface area contributed by atoms with E-state index in [1.165, 1.54) is 16.0 Å². The number of nitrogens with zero attached hydrogens (tertiary/aromatic N) is 4. The van der Waals surface area contributed by atoms with E-state index in [1.807, 2.05) is 13.0 Å². The summed E-state index contributed by atoms with van der Waals surface area (Å²) in [7, 11) is 1.63. The third-order valence-electron chi connectivity index (χ3n) is 3.85. The van der Waals surface area contributed by atoms with Gasteiger partial charge in [-0.2, -0.15) is 4.68 Å². The zero-order chi connectivity index (χ0) is 17.6. The summed E-state index contributed by atoms with van der Waals surface area (Å²) < 4.78 is 7.00. The number of aromatic nitrogens is 4. The van der Waals surface area contributed by atoms with Gasteiger partial charge in [-0.3, -0.25) is 4.79 Å². The summed E-state index contributed by atoms with van der Waals surface area (Å²) in [5, 5.41) is 9.64. The number of rotatable bonds is 3. The molecule has 0 fully saturated rings. The number of aryl methyl sites for hydroxylation is 1. The molecule has 0 radical (unpaired) electrons. The lowest BCUT2D eigenvalue weighted by Gasteiger charge is -2.05. The van der Waals surface area contributed by atoms with Gasteiger partial charge < -0.3 is 4.74 Å². The third-order valence-corrected chi connectivity index (χ3v) is 5.23. The number of para-hydroxylation sites is 1. The normalized spacial score (nSPS) is 11.5. The quantitative estimate of drug-likeness (QED) is 0.550. The van der Waals surface area contributed by atoms with Crippen molar-refractivity contribution in [2.75, 3.05) is 7.11 Å². The Labute approximate surface area is 151 Å². The van der Waals surface area contributed by atoms with Crippen molar-refractivity contribution < 1.29 is 4.74 Å². The SMILES string of the molecule is COCc1cc(C)nc2sc3c(=O)n(-c4ccccc4Cl)nnc3c12. The van der Waals surface area contributed by atoms with Crippen molar-refractivity contribution in [3.05, 3.63) is 57.0 Å². The van der Waals surface area contributed by atoms with Crippen LogP contribution in [0.3, 0.4) is 0 Å². The summed E-state index contributed by atoms with van der Waals surface area (Å²) in [6, 6.07) is 8.98. The van der Waals surface area contributed by atoms with E-state index in [2.05, 4.69) is 15.3 Å². The van der Waals surface area contributed by atoms with Crippen molar-refractivity contribution in [1.29, 1.82) is 0 Å². The maximum absolute atomic E-state index is 13.0. The molecule has 4 rings (SSSR count). The third kappa shape index (κ3) is 2.60. The predicted molar refractivity (Wildman–Crippen MR) is 98.8 cm³/mol. The molecule has 0 aliphatic carbocycles. The highest BCUT2D eigenvalue weighted by atomic mass is 35.5. The van der Waals surface area contributed by atoms with Crippen LogP contribution in [0.2, 0.25) is 5.02 Å². The van der Waals surface area contributed by atoms with Crippen LogP contribution in [-0.2, 0) is 11.3 Å². The van der Waals surface area contributed by atoms with Gasteiger partial charge in [0.05, 0.1) is 17.3 Å². The van der Waals surface area contributed by atoms with Gasteiger partial charge in [0.1, 0.15) is 15.0 Å². The molecule has 0 aliphatic rings. The standard InChI is InChI=1S/C17H13ClN4O2S/c1-9-7-10(8-24-2)13-14-15(25-16(13)19-9)17(23)22(21-20-14)12-6-4-3-5-11(12)18/h3-7H,8H2,1-2H3. The minimum atomic E-state index is -0.262. The van der Waals surface area contributed by atoms with Gasteiger partial charge in [-0.1, -0.05) is 28.9 Å². The first-order chi connectivity index (χ1) is 12.1. The molecule has 126 valence electrons. The van der Waals surface area contributed by atoms with Crippen LogP contribution in [0.15, 0.2) is 35.1 Å². The van der Waals surface area contributed by atoms with Gasteiger partial charge in [0, 0.05) is 18.2 Å². The fourth-order valence-corrected chi connectivity index (χ4v) is 4.15. The first-order valence-corrected chi connectivity index (χ1v) is 8.72. The lowest BCUT2D eigenvalue weighted by Crippen LogP contribution is -2.21. The van der Waals surface area contributed by atoms with Crippen LogP contribution in [0.25, 0.3) is 26.1 Å². The summed E-state index contributed by atoms with van der Waals surface area (Å²) in [6.45, 7) is 2.33. The van der Waals surface area contributed by atoms with Crippen LogP contribution in [0.5, 0.6) is 0 Å². The van der Waals surface area contributed by atoms with Gasteiger partial charge in [0.15, 0.2) is 0 Å². The van der Waals surface area contributed by atoms with Crippen LogP contribution in [0.4, 0.5) is 0 Å². The first kappa shape index (κ1) is 16.1. The summed E-state index contributed by atoms with van der Waals surface area (Å²) >= 11 is 7.51. The Morgan fingerprint density at radius 2 is 2.12 bits per heavy atom. The molecular weight excluding hydrogens is 360 g/mol. The molecule has 3 heterocycles. The second-order valence-electron chi connectivity index (χ2n) is 5.57. The molecule has 8 heteroatoms. The van der Waals surface area contributed by atoms with E-state index < -0.39 is 0 Å². The fourth-order valence-electron chi connectivity index (χ4n) is 2.81. The van der Waals surface area contributed by atoms with Crippen LogP contribution in [0.1, 0.15) is 11.3 Å². The Morgan fingerprint density at radius 1 is 1.32 bits per heavy atom. The molecule has 0 amide bonds. The minimum absolute atomic E-state index is 0.262. The average molecular weight is 373 g/mol. The molecule has 3 aromatic heterocycles. The molecule has 0 spiro atoms. The maximum Gasteiger partial charge on any atom is 0.292 e. The largest absolute Gasteiger partial charge is 0.380 e. The van der Waals surface area contributed by atoms with Crippen molar-refractivity contribution in [2.45, 2.75) is 13.5 Å². The van der Waals surface area contributed by atoms with E-state index in [1.54, 1.807) is 31.4 Å². The molecule has 0 N–H and O–H groups in total. The van der Waals surface area contributed by atoms with Crippen molar-refractivity contribution in [1.82, 2.24) is 20.0 Å². The van der Waals surface area contributed by atoms with Gasteiger partial charge >= 0.3 is 0 Å². The Kier molecular flexibility index (Phi) is 3.99. The van der Waals surface area contributed by atoms with Crippen molar-refractivity contribution in [3.63, 3.8) is 0 Å². The van der Waals surface area contributed by atoms with E-state index in [-0.39, 0.29) is 5.56 Å². The molecule has 0 bridgehead atoms. The van der Waals surface area contributed by atoms with Gasteiger partial charge in [-0.25, -0.2) is 4.98 Å². The number of thiophene rings is 1. The number of benzene rings is 1. The summed E-state index contributed by atoms with van der Waals surface area (Å²) in [5.41, 5.74) is 2.60. The lowest BCUT2D eigenvalue weighted by atomic mass is 10.1. The Balaban J connectivity index is 2.06. The summed E-state index contributed by atoms with van der Waals surface area (Å²) in [5.74, 6) is 0. The van der Waals surface area contributed by atoms with E-state index in [0.717, 1.165) is 21.5 Å². The number of halogens is 1. The lowest BCUT2D eigenvalue weighted by molar-refractivity contribution is 0.186. The number of methoxy groups -OCH3 is 1. The summed E-state index contributed by atoms with van der Waals surface area (Å²) in [4.78, 5) is 18.3.